The Morgan fingerprint density at radius 1 is 0.957 bits per heavy atom. The number of likely N-dealkylation sites (tertiary alicyclic amines) is 1. The average molecular weight is 988 g/mol. The first-order valence-electron chi connectivity index (χ1n) is 23.2. The number of alkyl halides is 3. The second-order valence-electron chi connectivity index (χ2n) is 19.1. The Balaban J connectivity index is 0.867. The van der Waals surface area contributed by atoms with E-state index in [1.807, 2.05) is 58.9 Å². The van der Waals surface area contributed by atoms with Crippen molar-refractivity contribution in [2.24, 2.45) is 11.3 Å². The fourth-order valence-electron chi connectivity index (χ4n) is 8.39. The highest BCUT2D eigenvalue weighted by atomic mass is 32.1. The first-order chi connectivity index (χ1) is 33.1. The maximum Gasteiger partial charge on any atom is 0.417 e. The first-order valence-corrected chi connectivity index (χ1v) is 23.6. The largest absolute Gasteiger partial charge is 0.494 e. The quantitative estimate of drug-likeness (QED) is 0.0643. The highest BCUT2D eigenvalue weighted by molar-refractivity contribution is 7.81. The van der Waals surface area contributed by atoms with E-state index in [9.17, 15) is 37.6 Å². The molecule has 4 aromatic rings. The molecule has 0 radical (unpaired) electrons. The lowest BCUT2D eigenvalue weighted by atomic mass is 9.85. The molecule has 4 amide bonds. The van der Waals surface area contributed by atoms with Crippen LogP contribution in [-0.4, -0.2) is 95.8 Å². The van der Waals surface area contributed by atoms with E-state index in [2.05, 4.69) is 15.6 Å². The monoisotopic (exact) mass is 987 g/mol. The van der Waals surface area contributed by atoms with Crippen molar-refractivity contribution in [3.05, 3.63) is 95.5 Å². The number of hydrogen-bond donors (Lipinski definition) is 2. The summed E-state index contributed by atoms with van der Waals surface area (Å²) in [4.78, 5) is 62.5. The fraction of sp³-hybridized carbons (Fsp3) is 0.471. The van der Waals surface area contributed by atoms with Gasteiger partial charge in [-0.3, -0.25) is 24.1 Å². The molecule has 1 aromatic heterocycles. The molecule has 0 aliphatic carbocycles. The number of carbonyl (C=O) groups excluding carboxylic acids is 4. The highest BCUT2D eigenvalue weighted by Crippen LogP contribution is 2.40. The van der Waals surface area contributed by atoms with Gasteiger partial charge in [-0.1, -0.05) is 52.0 Å². The number of nitriles is 1. The van der Waals surface area contributed by atoms with Crippen LogP contribution in [0.25, 0.3) is 11.3 Å². The Morgan fingerprint density at radius 3 is 2.26 bits per heavy atom. The number of aryl methyl sites for hydroxylation is 1. The number of thiocarbonyl (C=S) groups is 1. The number of nitrogens with one attached hydrogen (secondary N) is 2. The molecule has 2 saturated heterocycles. The molecule has 3 atom stereocenters. The van der Waals surface area contributed by atoms with Gasteiger partial charge in [-0.2, -0.15) is 18.4 Å². The zero-order valence-electron chi connectivity index (χ0n) is 40.5. The molecule has 6 rings (SSSR count). The van der Waals surface area contributed by atoms with Gasteiger partial charge in [-0.05, 0) is 118 Å². The van der Waals surface area contributed by atoms with Crippen LogP contribution in [0.5, 0.6) is 5.75 Å². The molecule has 0 saturated carbocycles. The number of hydrogen-bond acceptors (Lipinski definition) is 11. The zero-order valence-corrected chi connectivity index (χ0v) is 41.3. The predicted molar refractivity (Wildman–Crippen MR) is 259 cm³/mol. The van der Waals surface area contributed by atoms with E-state index in [0.717, 1.165) is 40.3 Å². The van der Waals surface area contributed by atoms with Crippen LogP contribution in [0.3, 0.4) is 0 Å². The summed E-state index contributed by atoms with van der Waals surface area (Å²) in [6, 6.07) is 17.6. The van der Waals surface area contributed by atoms with Gasteiger partial charge in [0, 0.05) is 44.2 Å². The lowest BCUT2D eigenvalue weighted by Gasteiger charge is -2.35. The van der Waals surface area contributed by atoms with Crippen LogP contribution in [0.15, 0.2) is 77.5 Å². The predicted octanol–water partition coefficient (Wildman–Crippen LogP) is 8.12. The van der Waals surface area contributed by atoms with Crippen LogP contribution in [0.1, 0.15) is 89.6 Å². The average Bonchev–Trinajstić information content (AvgIpc) is 3.98. The fourth-order valence-corrected chi connectivity index (χ4v) is 8.91. The number of ether oxygens (including phenoxy) is 3. The molecular weight excluding hydrogens is 928 g/mol. The van der Waals surface area contributed by atoms with Crippen molar-refractivity contribution in [2.75, 3.05) is 49.4 Å². The Hall–Kier alpha value is -6.36. The van der Waals surface area contributed by atoms with Gasteiger partial charge >= 0.3 is 6.18 Å². The molecular formula is C51H60F3N7O8S. The standard InChI is InChI=1S/C51H60F3N7O8S/c1-32-25-41(45(63)56-28-34-11-13-35(14-12-34)43-33(2)57-31-69-43)59(29-32)46(64)44(49(3,4)5)58-42(62)30-67-23-10-22-66-21-8-9-24-68-39-19-17-37(18-20-39)61-48(70)60(47(65)50(61,6)7)38-16-15-36(27-55)40(26-38)51(52,53)54/h11-20,26,31-32,41,44H,8-10,21-25,28-30H2,1-7H3,(H,56,63)(H,58,62)/t32-,41+,44-/m1/s1. The van der Waals surface area contributed by atoms with Crippen molar-refractivity contribution in [1.29, 1.82) is 5.26 Å². The Bertz CT molecular complexity index is 2550. The minimum absolute atomic E-state index is 0.00207. The molecule has 70 heavy (non-hydrogen) atoms. The van der Waals surface area contributed by atoms with E-state index in [1.54, 1.807) is 54.0 Å². The summed E-state index contributed by atoms with van der Waals surface area (Å²) in [6.45, 7) is 14.8. The molecule has 15 nitrogen and oxygen atoms in total. The van der Waals surface area contributed by atoms with Gasteiger partial charge in [0.1, 0.15) is 30.0 Å². The molecule has 374 valence electrons. The summed E-state index contributed by atoms with van der Waals surface area (Å²) in [7, 11) is 0. The molecule has 2 aliphatic heterocycles. The van der Waals surface area contributed by atoms with Gasteiger partial charge in [0.15, 0.2) is 17.3 Å². The zero-order chi connectivity index (χ0) is 51.0. The number of unbranched alkanes of at least 4 members (excludes halogenated alkanes) is 1. The molecule has 19 heteroatoms. The lowest BCUT2D eigenvalue weighted by molar-refractivity contribution is -0.144. The number of oxazole rings is 1. The maximum atomic E-state index is 14.0. The first kappa shape index (κ1) is 53.0. The van der Waals surface area contributed by atoms with Crippen LogP contribution in [-0.2, 0) is 41.4 Å². The van der Waals surface area contributed by atoms with Crippen LogP contribution in [0, 0.1) is 29.6 Å². The number of aromatic nitrogens is 1. The molecule has 0 unspecified atom stereocenters. The summed E-state index contributed by atoms with van der Waals surface area (Å²) in [5.74, 6) is -0.153. The summed E-state index contributed by atoms with van der Waals surface area (Å²) >= 11 is 5.62. The number of anilines is 2. The van der Waals surface area contributed by atoms with Crippen molar-refractivity contribution in [2.45, 2.75) is 104 Å². The third-order valence-electron chi connectivity index (χ3n) is 12.2. The van der Waals surface area contributed by atoms with Crippen molar-refractivity contribution >= 4 is 52.3 Å². The van der Waals surface area contributed by atoms with Gasteiger partial charge in [0.05, 0.1) is 35.2 Å². The van der Waals surface area contributed by atoms with Crippen molar-refractivity contribution < 1.29 is 51.0 Å². The topological polar surface area (TPSA) is 180 Å². The minimum Gasteiger partial charge on any atom is -0.494 e. The summed E-state index contributed by atoms with van der Waals surface area (Å²) in [5, 5.41) is 15.1. The van der Waals surface area contributed by atoms with E-state index in [1.165, 1.54) is 12.5 Å². The number of rotatable bonds is 20. The molecule has 3 aromatic carbocycles. The molecule has 0 spiro atoms. The second kappa shape index (κ2) is 22.6. The number of benzene rings is 3. The van der Waals surface area contributed by atoms with Crippen LogP contribution in [0.2, 0.25) is 0 Å². The SMILES string of the molecule is Cc1ncoc1-c1ccc(CNC(=O)[C@@H]2C[C@@H](C)CN2C(=O)[C@@H](NC(=O)COCCCOCCCCOc2ccc(N3C(=S)N(c4ccc(C#N)c(C(F)(F)F)c4)C(=O)C3(C)C)cc2)C(C)(C)C)cc1. The van der Waals surface area contributed by atoms with Crippen LogP contribution in [0.4, 0.5) is 24.5 Å². The van der Waals surface area contributed by atoms with Gasteiger partial charge in [0.2, 0.25) is 17.7 Å². The van der Waals surface area contributed by atoms with E-state index >= 15 is 0 Å². The Labute approximate surface area is 411 Å². The molecule has 0 bridgehead atoms. The Morgan fingerprint density at radius 2 is 1.61 bits per heavy atom. The van der Waals surface area contributed by atoms with Crippen LogP contribution >= 0.6 is 12.2 Å². The Kier molecular flexibility index (Phi) is 17.1. The normalized spacial score (nSPS) is 17.4. The van der Waals surface area contributed by atoms with Crippen molar-refractivity contribution in [3.63, 3.8) is 0 Å². The molecule has 2 N–H and O–H groups in total. The van der Waals surface area contributed by atoms with Gasteiger partial charge in [-0.25, -0.2) is 4.98 Å². The number of amides is 4. The lowest BCUT2D eigenvalue weighted by Crippen LogP contribution is -2.58. The molecule has 2 fully saturated rings. The smallest absolute Gasteiger partial charge is 0.417 e. The second-order valence-corrected chi connectivity index (χ2v) is 19.5. The van der Waals surface area contributed by atoms with Crippen LogP contribution < -0.4 is 25.2 Å². The summed E-state index contributed by atoms with van der Waals surface area (Å²) < 4.78 is 63.8. The minimum atomic E-state index is -4.80. The van der Waals surface area contributed by atoms with Gasteiger partial charge in [0.25, 0.3) is 5.91 Å². The van der Waals surface area contributed by atoms with E-state index in [4.69, 9.17) is 30.8 Å². The van der Waals surface area contributed by atoms with Gasteiger partial charge in [-0.15, -0.1) is 0 Å². The number of nitrogens with zero attached hydrogens (tertiary/aromatic N) is 5. The molecule has 2 aliphatic rings. The van der Waals surface area contributed by atoms with E-state index in [0.29, 0.717) is 62.8 Å². The third-order valence-corrected chi connectivity index (χ3v) is 12.5. The summed E-state index contributed by atoms with van der Waals surface area (Å²) in [6.07, 6.45) is -0.914. The third kappa shape index (κ3) is 12.7. The number of halogens is 3. The number of carbonyl (C=O) groups is 4. The maximum absolute atomic E-state index is 14.0. The van der Waals surface area contributed by atoms with E-state index < -0.39 is 52.2 Å². The van der Waals surface area contributed by atoms with Gasteiger partial charge < -0.3 is 39.1 Å². The summed E-state index contributed by atoms with van der Waals surface area (Å²) in [5.41, 5.74) is -0.548. The van der Waals surface area contributed by atoms with E-state index in [-0.39, 0.29) is 48.3 Å². The molecule has 3 heterocycles. The van der Waals surface area contributed by atoms with Crippen molar-refractivity contribution in [3.8, 4) is 23.1 Å². The van der Waals surface area contributed by atoms with Crippen molar-refractivity contribution in [1.82, 2.24) is 20.5 Å². The highest BCUT2D eigenvalue weighted by Gasteiger charge is 2.51.